The Morgan fingerprint density at radius 1 is 1.22 bits per heavy atom. The normalized spacial score (nSPS) is 36.0. The number of anilines is 1. The summed E-state index contributed by atoms with van der Waals surface area (Å²) in [4.78, 5) is 32.0. The molecule has 0 bridgehead atoms. The number of nitrogens with zero attached hydrogens (tertiary/aromatic N) is 2. The molecule has 3 aliphatic carbocycles. The molecular weight excluding hydrogens is 473 g/mol. The van der Waals surface area contributed by atoms with Crippen molar-refractivity contribution < 1.29 is 14.0 Å². The van der Waals surface area contributed by atoms with Gasteiger partial charge in [-0.1, -0.05) is 30.8 Å². The number of likely N-dealkylation sites (tertiary alicyclic amines) is 1. The Morgan fingerprint density at radius 3 is 2.83 bits per heavy atom. The summed E-state index contributed by atoms with van der Waals surface area (Å²) in [5.41, 5.74) is 3.66. The highest BCUT2D eigenvalue weighted by molar-refractivity contribution is 7.22. The van der Waals surface area contributed by atoms with Crippen molar-refractivity contribution in [3.8, 4) is 0 Å². The molecule has 1 aromatic carbocycles. The molecule has 5 nitrogen and oxygen atoms in total. The Morgan fingerprint density at radius 2 is 2.03 bits per heavy atom. The van der Waals surface area contributed by atoms with Crippen LogP contribution < -0.4 is 5.32 Å². The Balaban J connectivity index is 1.20. The predicted molar refractivity (Wildman–Crippen MR) is 141 cm³/mol. The number of carbonyl (C=O) groups excluding carboxylic acids is 2. The molecule has 1 saturated heterocycles. The highest BCUT2D eigenvalue weighted by Crippen LogP contribution is 2.67. The Labute approximate surface area is 216 Å². The molecule has 0 spiro atoms. The molecule has 1 N–H and O–H groups in total. The molecular formula is C29H36FN3O2S. The first-order chi connectivity index (χ1) is 17.1. The molecule has 2 aromatic rings. The van der Waals surface area contributed by atoms with Gasteiger partial charge < -0.3 is 10.2 Å². The number of hydrogen-bond acceptors (Lipinski definition) is 4. The molecule has 3 fully saturated rings. The minimum Gasteiger partial charge on any atom is -0.319 e. The van der Waals surface area contributed by atoms with Crippen LogP contribution in [0.1, 0.15) is 72.1 Å². The minimum atomic E-state index is -0.287. The van der Waals surface area contributed by atoms with Crippen LogP contribution in [-0.4, -0.2) is 28.7 Å². The number of rotatable bonds is 3. The van der Waals surface area contributed by atoms with Crippen molar-refractivity contribution in [3.05, 3.63) is 35.3 Å². The maximum atomic E-state index is 13.5. The van der Waals surface area contributed by atoms with E-state index in [4.69, 9.17) is 0 Å². The van der Waals surface area contributed by atoms with Crippen LogP contribution in [0.4, 0.5) is 9.52 Å². The van der Waals surface area contributed by atoms with E-state index in [-0.39, 0.29) is 28.5 Å². The number of amides is 2. The molecule has 0 radical (unpaired) electrons. The van der Waals surface area contributed by atoms with Gasteiger partial charge in [0.2, 0.25) is 11.8 Å². The van der Waals surface area contributed by atoms with Gasteiger partial charge in [0, 0.05) is 31.0 Å². The van der Waals surface area contributed by atoms with Crippen molar-refractivity contribution in [1.82, 2.24) is 9.88 Å². The first kappa shape index (κ1) is 24.1. The molecule has 6 atom stereocenters. The van der Waals surface area contributed by atoms with Gasteiger partial charge in [-0.15, -0.1) is 0 Å². The summed E-state index contributed by atoms with van der Waals surface area (Å²) in [5, 5.41) is 3.56. The number of aromatic nitrogens is 1. The van der Waals surface area contributed by atoms with Crippen molar-refractivity contribution in [3.63, 3.8) is 0 Å². The van der Waals surface area contributed by atoms with Gasteiger partial charge in [0.25, 0.3) is 0 Å². The Hall–Kier alpha value is -2.28. The molecule has 1 aliphatic heterocycles. The lowest BCUT2D eigenvalue weighted by Crippen LogP contribution is -2.54. The summed E-state index contributed by atoms with van der Waals surface area (Å²) in [5.74, 6) is 2.22. The molecule has 2 heterocycles. The van der Waals surface area contributed by atoms with Crippen LogP contribution in [0.3, 0.4) is 0 Å². The predicted octanol–water partition coefficient (Wildman–Crippen LogP) is 6.76. The van der Waals surface area contributed by atoms with E-state index in [0.717, 1.165) is 30.4 Å². The summed E-state index contributed by atoms with van der Waals surface area (Å²) in [6, 6.07) is 4.53. The quantitative estimate of drug-likeness (QED) is 0.497. The fraction of sp³-hybridized carbons (Fsp3) is 0.621. The van der Waals surface area contributed by atoms with Gasteiger partial charge in [0.1, 0.15) is 5.82 Å². The van der Waals surface area contributed by atoms with Crippen molar-refractivity contribution in [2.24, 2.45) is 34.5 Å². The third kappa shape index (κ3) is 3.56. The molecule has 1 aromatic heterocycles. The third-order valence-corrected chi connectivity index (χ3v) is 11.5. The monoisotopic (exact) mass is 509 g/mol. The van der Waals surface area contributed by atoms with Gasteiger partial charge in [-0.3, -0.25) is 9.59 Å². The van der Waals surface area contributed by atoms with Gasteiger partial charge in [0.05, 0.1) is 10.2 Å². The molecule has 192 valence electrons. The van der Waals surface area contributed by atoms with Gasteiger partial charge in [-0.25, -0.2) is 9.37 Å². The summed E-state index contributed by atoms with van der Waals surface area (Å²) in [6.45, 7) is 7.10. The number of hydrogen-bond donors (Lipinski definition) is 1. The van der Waals surface area contributed by atoms with Gasteiger partial charge in [-0.2, -0.15) is 0 Å². The number of nitrogens with one attached hydrogen (secondary N) is 1. The zero-order valence-electron chi connectivity index (χ0n) is 21.7. The highest BCUT2D eigenvalue weighted by atomic mass is 32.1. The van der Waals surface area contributed by atoms with Gasteiger partial charge in [0.15, 0.2) is 5.13 Å². The topological polar surface area (TPSA) is 62.3 Å². The first-order valence-corrected chi connectivity index (χ1v) is 14.2. The lowest BCUT2D eigenvalue weighted by Gasteiger charge is -2.59. The number of thiazole rings is 1. The lowest BCUT2D eigenvalue weighted by atomic mass is 9.48. The van der Waals surface area contributed by atoms with Crippen LogP contribution >= 0.6 is 11.3 Å². The van der Waals surface area contributed by atoms with Crippen LogP contribution in [0.15, 0.2) is 29.5 Å². The van der Waals surface area contributed by atoms with Crippen LogP contribution in [-0.2, 0) is 9.59 Å². The average molecular weight is 510 g/mol. The molecule has 2 amide bonds. The fourth-order valence-electron chi connectivity index (χ4n) is 8.90. The minimum absolute atomic E-state index is 0.0184. The van der Waals surface area contributed by atoms with Crippen LogP contribution in [0.25, 0.3) is 10.2 Å². The number of fused-ring (bicyclic) bond motifs is 6. The molecule has 36 heavy (non-hydrogen) atoms. The molecule has 4 aliphatic rings. The lowest BCUT2D eigenvalue weighted by molar-refractivity contribution is -0.136. The van der Waals surface area contributed by atoms with E-state index in [0.29, 0.717) is 47.2 Å². The van der Waals surface area contributed by atoms with Crippen LogP contribution in [0, 0.1) is 40.3 Å². The standard InChI is InChI=1S/C29H36FN3O2S/c1-16-13-19-20-7-5-17(14-24(34)32-27-31-22-8-6-18(30)15-23(22)36-27)28(20,2)11-9-21(19)29(3)12-10-25(35)33(4)26(16)29/h6,8,15,17,19-21H,5,7,9-14H2,1-4H3,(H,31,32,34)/t17-,19?,20+,21?,28-,29-/m1/s1. The maximum absolute atomic E-state index is 13.5. The maximum Gasteiger partial charge on any atom is 0.226 e. The molecule has 2 saturated carbocycles. The van der Waals surface area contributed by atoms with Gasteiger partial charge in [-0.05, 0) is 92.7 Å². The zero-order chi connectivity index (χ0) is 25.4. The fourth-order valence-corrected chi connectivity index (χ4v) is 9.81. The second-order valence-corrected chi connectivity index (χ2v) is 13.3. The number of allylic oxidation sites excluding steroid dienone is 2. The number of piperidine rings is 1. The SMILES string of the molecule is CC1=C2N(C)C(=O)CC[C@]2(C)C2CC[C@]3(C)[C@@H](CC(=O)Nc4nc5ccc(F)cc5s4)CC[C@H]3C2C1. The van der Waals surface area contributed by atoms with E-state index in [1.54, 1.807) is 6.07 Å². The summed E-state index contributed by atoms with van der Waals surface area (Å²) < 4.78 is 14.3. The van der Waals surface area contributed by atoms with E-state index < -0.39 is 0 Å². The average Bonchev–Trinajstić information content (AvgIpc) is 3.36. The van der Waals surface area contributed by atoms with Crippen LogP contribution in [0.2, 0.25) is 0 Å². The summed E-state index contributed by atoms with van der Waals surface area (Å²) >= 11 is 1.33. The van der Waals surface area contributed by atoms with Crippen molar-refractivity contribution in [2.75, 3.05) is 12.4 Å². The molecule has 2 unspecified atom stereocenters. The zero-order valence-corrected chi connectivity index (χ0v) is 22.5. The van der Waals surface area contributed by atoms with Crippen LogP contribution in [0.5, 0.6) is 0 Å². The Kier molecular flexibility index (Phi) is 5.60. The molecule has 6 rings (SSSR count). The first-order valence-electron chi connectivity index (χ1n) is 13.4. The third-order valence-electron chi connectivity index (χ3n) is 10.5. The second-order valence-electron chi connectivity index (χ2n) is 12.3. The van der Waals surface area contributed by atoms with E-state index in [2.05, 4.69) is 31.1 Å². The summed E-state index contributed by atoms with van der Waals surface area (Å²) in [6.07, 6.45) is 7.81. The van der Waals surface area contributed by atoms with E-state index in [1.165, 1.54) is 47.6 Å². The number of halogens is 1. The van der Waals surface area contributed by atoms with E-state index in [9.17, 15) is 14.0 Å². The van der Waals surface area contributed by atoms with Crippen molar-refractivity contribution in [2.45, 2.75) is 72.1 Å². The van der Waals surface area contributed by atoms with Crippen molar-refractivity contribution in [1.29, 1.82) is 0 Å². The number of carbonyl (C=O) groups is 2. The smallest absolute Gasteiger partial charge is 0.226 e. The largest absolute Gasteiger partial charge is 0.319 e. The van der Waals surface area contributed by atoms with Gasteiger partial charge >= 0.3 is 0 Å². The number of benzene rings is 1. The van der Waals surface area contributed by atoms with E-state index in [1.807, 2.05) is 11.9 Å². The van der Waals surface area contributed by atoms with Crippen molar-refractivity contribution >= 4 is 38.5 Å². The van der Waals surface area contributed by atoms with E-state index >= 15 is 0 Å². The second kappa shape index (κ2) is 8.37. The molecule has 7 heteroatoms. The highest BCUT2D eigenvalue weighted by Gasteiger charge is 2.60. The Bertz CT molecular complexity index is 1290. The summed E-state index contributed by atoms with van der Waals surface area (Å²) in [7, 11) is 1.97.